The highest BCUT2D eigenvalue weighted by atomic mass is 14.8. The van der Waals surface area contributed by atoms with Crippen molar-refractivity contribution in [2.45, 2.75) is 6.04 Å². The van der Waals surface area contributed by atoms with Crippen LogP contribution in [0.2, 0.25) is 0 Å². The zero-order valence-electron chi connectivity index (χ0n) is 18.6. The van der Waals surface area contributed by atoms with Crippen molar-refractivity contribution in [3.8, 4) is 0 Å². The van der Waals surface area contributed by atoms with Crippen LogP contribution in [0.15, 0.2) is 148 Å². The van der Waals surface area contributed by atoms with E-state index in [4.69, 9.17) is 4.99 Å². The summed E-state index contributed by atoms with van der Waals surface area (Å²) in [5.74, 6) is 0.268. The molecule has 2 atom stereocenters. The lowest BCUT2D eigenvalue weighted by atomic mass is 9.65. The highest BCUT2D eigenvalue weighted by Gasteiger charge is 2.38. The minimum absolute atomic E-state index is 0.116. The molecule has 2 unspecified atom stereocenters. The van der Waals surface area contributed by atoms with Crippen LogP contribution in [-0.2, 0) is 0 Å². The number of nitrogens with zero attached hydrogens (tertiary/aromatic N) is 1. The fraction of sp³-hybridized carbons (Fsp3) is 0.0606. The van der Waals surface area contributed by atoms with E-state index in [1.165, 1.54) is 66.1 Å². The molecule has 1 nitrogen and oxygen atoms in total. The lowest BCUT2D eigenvalue weighted by Crippen LogP contribution is -2.29. The van der Waals surface area contributed by atoms with E-state index in [1.807, 2.05) is 12.3 Å². The van der Waals surface area contributed by atoms with Gasteiger partial charge in [-0.3, -0.25) is 4.99 Å². The average Bonchev–Trinajstić information content (AvgIpc) is 2.91. The number of hydrogen-bond donors (Lipinski definition) is 0. The van der Waals surface area contributed by atoms with Crippen LogP contribution in [0, 0.1) is 5.92 Å². The number of fused-ring (bicyclic) bond motifs is 5. The van der Waals surface area contributed by atoms with Crippen LogP contribution in [0.3, 0.4) is 0 Å². The molecule has 158 valence electrons. The molecule has 0 spiro atoms. The molecule has 3 aromatic rings. The summed E-state index contributed by atoms with van der Waals surface area (Å²) in [6.45, 7) is 0. The maximum absolute atomic E-state index is 4.84. The van der Waals surface area contributed by atoms with Crippen LogP contribution in [0.1, 0.15) is 5.56 Å². The summed E-state index contributed by atoms with van der Waals surface area (Å²) in [4.78, 5) is 4.84. The quantitative estimate of drug-likeness (QED) is 0.352. The second-order valence-corrected chi connectivity index (χ2v) is 9.52. The van der Waals surface area contributed by atoms with Gasteiger partial charge in [-0.2, -0.15) is 0 Å². The van der Waals surface area contributed by atoms with Crippen LogP contribution in [0.25, 0.3) is 27.1 Å². The smallest absolute Gasteiger partial charge is 0.100 e. The average molecular weight is 432 g/mol. The number of benzene rings is 3. The topological polar surface area (TPSA) is 12.4 Å². The lowest BCUT2D eigenvalue weighted by molar-refractivity contribution is 0.786. The maximum atomic E-state index is 4.84. The number of allylic oxidation sites excluding steroid dienone is 12. The Kier molecular flexibility index (Phi) is 3.56. The Hall–Kier alpha value is -4.23. The van der Waals surface area contributed by atoms with E-state index in [9.17, 15) is 0 Å². The summed E-state index contributed by atoms with van der Waals surface area (Å²) in [6, 6.07) is 20.1. The van der Waals surface area contributed by atoms with Gasteiger partial charge in [0.25, 0.3) is 0 Å². The molecule has 34 heavy (non-hydrogen) atoms. The van der Waals surface area contributed by atoms with Gasteiger partial charge in [-0.25, -0.2) is 0 Å². The molecule has 0 fully saturated rings. The minimum atomic E-state index is 0.116. The summed E-state index contributed by atoms with van der Waals surface area (Å²) < 4.78 is 0. The zero-order valence-corrected chi connectivity index (χ0v) is 18.6. The number of dihydropyridines is 1. The Labute approximate surface area is 198 Å². The summed E-state index contributed by atoms with van der Waals surface area (Å²) in [5.41, 5.74) is 10.8. The molecule has 0 radical (unpaired) electrons. The molecule has 1 heterocycles. The molecule has 0 amide bonds. The second kappa shape index (κ2) is 6.65. The summed E-state index contributed by atoms with van der Waals surface area (Å²) in [5, 5.41) is 5.23. The van der Waals surface area contributed by atoms with E-state index in [1.54, 1.807) is 0 Å². The fourth-order valence-electron chi connectivity index (χ4n) is 6.33. The highest BCUT2D eigenvalue weighted by Crippen LogP contribution is 2.52. The van der Waals surface area contributed by atoms with Crippen molar-refractivity contribution in [1.29, 1.82) is 0 Å². The third-order valence-electron chi connectivity index (χ3n) is 7.81. The largest absolute Gasteiger partial charge is 0.280 e. The number of hydrogen-bond acceptors (Lipinski definition) is 1. The minimum Gasteiger partial charge on any atom is -0.280 e. The normalized spacial score (nSPS) is 23.7. The van der Waals surface area contributed by atoms with Gasteiger partial charge in [-0.15, -0.1) is 0 Å². The van der Waals surface area contributed by atoms with Crippen LogP contribution >= 0.6 is 0 Å². The van der Waals surface area contributed by atoms with Crippen LogP contribution in [0.5, 0.6) is 0 Å². The lowest BCUT2D eigenvalue weighted by Gasteiger charge is -2.40. The Morgan fingerprint density at radius 3 is 2.50 bits per heavy atom. The molecule has 8 rings (SSSR count). The summed E-state index contributed by atoms with van der Waals surface area (Å²) >= 11 is 0. The Bertz CT molecular complexity index is 1740. The molecule has 0 saturated heterocycles. The van der Waals surface area contributed by atoms with Gasteiger partial charge in [-0.1, -0.05) is 91.1 Å². The van der Waals surface area contributed by atoms with Crippen molar-refractivity contribution in [3.63, 3.8) is 0 Å². The first kappa shape index (κ1) is 18.2. The van der Waals surface area contributed by atoms with Crippen LogP contribution in [-0.4, -0.2) is 12.3 Å². The van der Waals surface area contributed by atoms with E-state index in [0.717, 1.165) is 0 Å². The van der Waals surface area contributed by atoms with Crippen molar-refractivity contribution in [2.24, 2.45) is 10.9 Å². The number of rotatable bonds is 1. The van der Waals surface area contributed by atoms with Gasteiger partial charge < -0.3 is 0 Å². The molecule has 0 bridgehead atoms. The van der Waals surface area contributed by atoms with Gasteiger partial charge in [0.05, 0.1) is 0 Å². The monoisotopic (exact) mass is 431 g/mol. The third-order valence-corrected chi connectivity index (χ3v) is 7.81. The molecule has 0 N–H and O–H groups in total. The Morgan fingerprint density at radius 1 is 0.706 bits per heavy atom. The SMILES string of the molecule is C1=CC2=CC3=C4C(=CC=C5C=CC(c6cc7ccccc7c7ccccc67)=C(C=C3)C54)C2N=C1. The van der Waals surface area contributed by atoms with E-state index < -0.39 is 0 Å². The molecule has 1 aliphatic heterocycles. The second-order valence-electron chi connectivity index (χ2n) is 9.52. The molecule has 5 aliphatic rings. The van der Waals surface area contributed by atoms with E-state index in [0.29, 0.717) is 0 Å². The van der Waals surface area contributed by atoms with Gasteiger partial charge in [-0.05, 0) is 84.3 Å². The third kappa shape index (κ3) is 2.36. The van der Waals surface area contributed by atoms with Crippen molar-refractivity contribution in [3.05, 3.63) is 148 Å². The fourth-order valence-corrected chi connectivity index (χ4v) is 6.33. The summed E-state index contributed by atoms with van der Waals surface area (Å²) in [7, 11) is 0. The van der Waals surface area contributed by atoms with Crippen molar-refractivity contribution in [2.75, 3.05) is 0 Å². The van der Waals surface area contributed by atoms with Crippen LogP contribution in [0.4, 0.5) is 0 Å². The Morgan fingerprint density at radius 2 is 1.56 bits per heavy atom. The predicted octanol–water partition coefficient (Wildman–Crippen LogP) is 7.61. The highest BCUT2D eigenvalue weighted by molar-refractivity contribution is 6.13. The van der Waals surface area contributed by atoms with E-state index in [-0.39, 0.29) is 12.0 Å². The summed E-state index contributed by atoms with van der Waals surface area (Å²) in [6.07, 6.45) is 22.5. The molecular formula is C33H21N. The van der Waals surface area contributed by atoms with Gasteiger partial charge in [0.15, 0.2) is 0 Å². The van der Waals surface area contributed by atoms with Crippen molar-refractivity contribution >= 4 is 33.3 Å². The first-order valence-electron chi connectivity index (χ1n) is 12.0. The first-order valence-corrected chi connectivity index (χ1v) is 12.0. The van der Waals surface area contributed by atoms with Gasteiger partial charge in [0.2, 0.25) is 0 Å². The van der Waals surface area contributed by atoms with Crippen LogP contribution < -0.4 is 0 Å². The maximum Gasteiger partial charge on any atom is 0.100 e. The van der Waals surface area contributed by atoms with Gasteiger partial charge in [0, 0.05) is 12.1 Å². The predicted molar refractivity (Wildman–Crippen MR) is 143 cm³/mol. The Balaban J connectivity index is 1.40. The molecule has 4 aliphatic carbocycles. The van der Waals surface area contributed by atoms with E-state index >= 15 is 0 Å². The first-order chi connectivity index (χ1) is 16.9. The molecule has 0 aromatic heterocycles. The standard InChI is InChI=1S/C33H21N/c1-2-8-24-21(6-1)19-30(26-10-4-3-9-25(24)26)27-14-11-20-12-16-29-32-22(13-15-28(27)31(20)32)18-23-7-5-17-34-33(23)29/h1-19,31,33H. The molecule has 1 heteroatoms. The zero-order chi connectivity index (χ0) is 22.2. The number of aliphatic imine (C=N–C) groups is 1. The van der Waals surface area contributed by atoms with Gasteiger partial charge >= 0.3 is 0 Å². The van der Waals surface area contributed by atoms with Crippen molar-refractivity contribution < 1.29 is 0 Å². The molecule has 0 saturated carbocycles. The van der Waals surface area contributed by atoms with Gasteiger partial charge in [0.1, 0.15) is 6.04 Å². The van der Waals surface area contributed by atoms with Crippen molar-refractivity contribution in [1.82, 2.24) is 0 Å². The van der Waals surface area contributed by atoms with E-state index in [2.05, 4.69) is 103 Å². The molecule has 3 aromatic carbocycles. The molecular weight excluding hydrogens is 410 g/mol.